The van der Waals surface area contributed by atoms with Crippen LogP contribution in [-0.2, 0) is 24.0 Å². The molecule has 4 aliphatic heterocycles. The highest BCUT2D eigenvalue weighted by atomic mass is 16.4. The average Bonchev–Trinajstić information content (AvgIpc) is 3.62. The number of carboxylic acid groups (broad SMARTS) is 1. The zero-order valence-corrected chi connectivity index (χ0v) is 18.9. The summed E-state index contributed by atoms with van der Waals surface area (Å²) >= 11 is 0. The van der Waals surface area contributed by atoms with Crippen molar-refractivity contribution < 1.29 is 29.1 Å². The number of likely N-dealkylation sites (tertiary alicyclic amines) is 4. The molecule has 4 saturated heterocycles. The summed E-state index contributed by atoms with van der Waals surface area (Å²) < 4.78 is 0. The van der Waals surface area contributed by atoms with Gasteiger partial charge in [-0.25, -0.2) is 4.79 Å². The highest BCUT2D eigenvalue weighted by molar-refractivity contribution is 5.96. The minimum Gasteiger partial charge on any atom is -0.480 e. The van der Waals surface area contributed by atoms with Gasteiger partial charge in [0.1, 0.15) is 24.2 Å². The van der Waals surface area contributed by atoms with Gasteiger partial charge >= 0.3 is 5.97 Å². The number of aliphatic carboxylic acids is 1. The van der Waals surface area contributed by atoms with Gasteiger partial charge in [0.2, 0.25) is 23.6 Å². The van der Waals surface area contributed by atoms with Gasteiger partial charge in [0.15, 0.2) is 0 Å². The van der Waals surface area contributed by atoms with Gasteiger partial charge in [0.05, 0.1) is 6.54 Å². The summed E-state index contributed by atoms with van der Waals surface area (Å²) in [5, 5.41) is 9.45. The Morgan fingerprint density at radius 2 is 0.939 bits per heavy atom. The summed E-state index contributed by atoms with van der Waals surface area (Å²) in [6.45, 7) is 1.57. The highest BCUT2D eigenvalue weighted by Crippen LogP contribution is 2.30. The summed E-state index contributed by atoms with van der Waals surface area (Å²) in [4.78, 5) is 69.8. The molecule has 0 saturated carbocycles. The zero-order chi connectivity index (χ0) is 23.7. The van der Waals surface area contributed by atoms with Gasteiger partial charge in [-0.05, 0) is 51.4 Å². The third-order valence-electron chi connectivity index (χ3n) is 7.50. The second-order valence-electron chi connectivity index (χ2n) is 9.36. The van der Waals surface area contributed by atoms with Crippen molar-refractivity contribution in [3.63, 3.8) is 0 Å². The predicted molar refractivity (Wildman–Crippen MR) is 116 cm³/mol. The molecule has 4 rings (SSSR count). The molecule has 33 heavy (non-hydrogen) atoms. The summed E-state index contributed by atoms with van der Waals surface area (Å²) in [6, 6.07) is -2.77. The van der Waals surface area contributed by atoms with E-state index in [2.05, 4.69) is 0 Å². The van der Waals surface area contributed by atoms with Crippen LogP contribution in [0.5, 0.6) is 0 Å². The molecule has 11 heteroatoms. The SMILES string of the molecule is NCC(=O)N1CCC[C@H]1C(=O)N1CCC[C@H]1C(=O)N1CCC[C@H]1C(=O)N1CCC[C@H]1C(=O)O. The summed E-state index contributed by atoms with van der Waals surface area (Å²) in [5.74, 6) is -2.07. The van der Waals surface area contributed by atoms with E-state index in [0.717, 1.165) is 6.42 Å². The maximum absolute atomic E-state index is 13.5. The van der Waals surface area contributed by atoms with Crippen molar-refractivity contribution in [2.24, 2.45) is 5.73 Å². The van der Waals surface area contributed by atoms with Crippen LogP contribution in [0.1, 0.15) is 51.4 Å². The van der Waals surface area contributed by atoms with E-state index < -0.39 is 30.1 Å². The fraction of sp³-hybridized carbons (Fsp3) is 0.773. The molecule has 3 N–H and O–H groups in total. The van der Waals surface area contributed by atoms with Crippen LogP contribution in [0.15, 0.2) is 0 Å². The van der Waals surface area contributed by atoms with Crippen molar-refractivity contribution >= 4 is 29.6 Å². The Labute approximate surface area is 192 Å². The fourth-order valence-electron chi connectivity index (χ4n) is 5.88. The van der Waals surface area contributed by atoms with Crippen LogP contribution in [0.25, 0.3) is 0 Å². The lowest BCUT2D eigenvalue weighted by Gasteiger charge is -2.35. The molecule has 4 fully saturated rings. The van der Waals surface area contributed by atoms with Gasteiger partial charge in [-0.15, -0.1) is 0 Å². The average molecular weight is 464 g/mol. The van der Waals surface area contributed by atoms with Crippen LogP contribution in [0, 0.1) is 0 Å². The lowest BCUT2D eigenvalue weighted by Crippen LogP contribution is -2.57. The molecule has 4 atom stereocenters. The van der Waals surface area contributed by atoms with Crippen molar-refractivity contribution in [3.05, 3.63) is 0 Å². The van der Waals surface area contributed by atoms with Crippen LogP contribution < -0.4 is 5.73 Å². The molecule has 4 amide bonds. The van der Waals surface area contributed by atoms with E-state index in [9.17, 15) is 29.1 Å². The second kappa shape index (κ2) is 9.66. The quantitative estimate of drug-likeness (QED) is 0.532. The predicted octanol–water partition coefficient (Wildman–Crippen LogP) is -1.01. The van der Waals surface area contributed by atoms with Crippen LogP contribution in [-0.4, -0.2) is 111 Å². The van der Waals surface area contributed by atoms with E-state index in [1.807, 2.05) is 0 Å². The van der Waals surface area contributed by atoms with Gasteiger partial charge in [-0.1, -0.05) is 0 Å². The summed E-state index contributed by atoms with van der Waals surface area (Å²) in [6.07, 6.45) is 4.68. The third kappa shape index (κ3) is 4.30. The Balaban J connectivity index is 1.47. The molecule has 4 heterocycles. The van der Waals surface area contributed by atoms with Crippen molar-refractivity contribution in [3.8, 4) is 0 Å². The Bertz CT molecular complexity index is 834. The van der Waals surface area contributed by atoms with Crippen LogP contribution in [0.4, 0.5) is 0 Å². The van der Waals surface area contributed by atoms with Crippen LogP contribution in [0.3, 0.4) is 0 Å². The lowest BCUT2D eigenvalue weighted by molar-refractivity contribution is -0.154. The third-order valence-corrected chi connectivity index (χ3v) is 7.50. The summed E-state index contributed by atoms with van der Waals surface area (Å²) in [7, 11) is 0. The second-order valence-corrected chi connectivity index (χ2v) is 9.36. The first-order valence-corrected chi connectivity index (χ1v) is 12.0. The van der Waals surface area contributed by atoms with Crippen LogP contribution >= 0.6 is 0 Å². The molecule has 11 nitrogen and oxygen atoms in total. The zero-order valence-electron chi connectivity index (χ0n) is 18.9. The maximum atomic E-state index is 13.5. The minimum atomic E-state index is -1.02. The Kier molecular flexibility index (Phi) is 6.87. The van der Waals surface area contributed by atoms with Crippen molar-refractivity contribution in [2.45, 2.75) is 75.5 Å². The largest absolute Gasteiger partial charge is 0.480 e. The number of carboxylic acids is 1. The molecule has 0 aromatic carbocycles. The van der Waals surface area contributed by atoms with E-state index in [1.54, 1.807) is 9.80 Å². The number of rotatable bonds is 5. The van der Waals surface area contributed by atoms with Gasteiger partial charge in [-0.3, -0.25) is 19.2 Å². The fourth-order valence-corrected chi connectivity index (χ4v) is 5.88. The molecule has 4 aliphatic rings. The molecule has 0 aliphatic carbocycles. The normalized spacial score (nSPS) is 29.7. The molecular weight excluding hydrogens is 430 g/mol. The number of nitrogens with two attached hydrogens (primary N) is 1. The number of carbonyl (C=O) groups excluding carboxylic acids is 4. The topological polar surface area (TPSA) is 145 Å². The molecule has 0 bridgehead atoms. The van der Waals surface area contributed by atoms with E-state index in [0.29, 0.717) is 71.1 Å². The number of hydrogen-bond donors (Lipinski definition) is 2. The number of nitrogens with zero attached hydrogens (tertiary/aromatic N) is 4. The Morgan fingerprint density at radius 3 is 1.33 bits per heavy atom. The van der Waals surface area contributed by atoms with E-state index >= 15 is 0 Å². The van der Waals surface area contributed by atoms with Crippen molar-refractivity contribution in [1.29, 1.82) is 0 Å². The van der Waals surface area contributed by atoms with Gasteiger partial charge in [0, 0.05) is 26.2 Å². The number of amides is 4. The van der Waals surface area contributed by atoms with Crippen molar-refractivity contribution in [2.75, 3.05) is 32.7 Å². The molecule has 0 spiro atoms. The van der Waals surface area contributed by atoms with E-state index in [4.69, 9.17) is 5.73 Å². The maximum Gasteiger partial charge on any atom is 0.326 e. The highest BCUT2D eigenvalue weighted by Gasteiger charge is 2.47. The lowest BCUT2D eigenvalue weighted by atomic mass is 10.1. The molecular formula is C22H33N5O6. The smallest absolute Gasteiger partial charge is 0.326 e. The molecule has 0 aromatic rings. The first kappa shape index (κ1) is 23.5. The molecule has 0 radical (unpaired) electrons. The van der Waals surface area contributed by atoms with Crippen LogP contribution in [0.2, 0.25) is 0 Å². The number of hydrogen-bond acceptors (Lipinski definition) is 6. The van der Waals surface area contributed by atoms with Gasteiger partial charge in [0.25, 0.3) is 0 Å². The minimum absolute atomic E-state index is 0.155. The van der Waals surface area contributed by atoms with Gasteiger partial charge < -0.3 is 30.4 Å². The molecule has 0 unspecified atom stereocenters. The van der Waals surface area contributed by atoms with Gasteiger partial charge in [-0.2, -0.15) is 0 Å². The first-order chi connectivity index (χ1) is 15.8. The van der Waals surface area contributed by atoms with Crippen molar-refractivity contribution in [1.82, 2.24) is 19.6 Å². The molecule has 0 aromatic heterocycles. The Morgan fingerprint density at radius 1 is 0.606 bits per heavy atom. The Hall–Kier alpha value is -2.69. The first-order valence-electron chi connectivity index (χ1n) is 12.0. The number of carbonyl (C=O) groups is 5. The van der Waals surface area contributed by atoms with E-state index in [-0.39, 0.29) is 30.2 Å². The standard InChI is InChI=1S/C22H33N5O6/c23-13-18(28)24-9-1-5-14(24)19(29)25-10-2-6-15(25)20(30)26-11-3-7-16(26)21(31)27-12-4-8-17(27)22(32)33/h14-17H,1-13,23H2,(H,32,33)/t14-,15-,16-,17-/m0/s1. The molecule has 182 valence electrons. The summed E-state index contributed by atoms with van der Waals surface area (Å²) in [5.41, 5.74) is 5.50. The van der Waals surface area contributed by atoms with E-state index in [1.165, 1.54) is 9.80 Å². The monoisotopic (exact) mass is 463 g/mol.